The Labute approximate surface area is 101 Å². The van der Waals surface area contributed by atoms with Gasteiger partial charge in [-0.3, -0.25) is 4.90 Å². The van der Waals surface area contributed by atoms with Gasteiger partial charge in [-0.15, -0.1) is 0 Å². The minimum absolute atomic E-state index is 0.218. The summed E-state index contributed by atoms with van der Waals surface area (Å²) in [5.41, 5.74) is 0.870. The summed E-state index contributed by atoms with van der Waals surface area (Å²) in [5, 5.41) is 22.1. The van der Waals surface area contributed by atoms with E-state index in [2.05, 4.69) is 16.3 Å². The average Bonchev–Trinajstić information content (AvgIpc) is 2.59. The van der Waals surface area contributed by atoms with Crippen molar-refractivity contribution in [1.29, 1.82) is 5.26 Å². The van der Waals surface area contributed by atoms with Gasteiger partial charge in [-0.25, -0.2) is 0 Å². The van der Waals surface area contributed by atoms with E-state index < -0.39 is 0 Å². The lowest BCUT2D eigenvalue weighted by Crippen LogP contribution is -2.31. The van der Waals surface area contributed by atoms with E-state index in [1.165, 1.54) is 0 Å². The third kappa shape index (κ3) is 2.96. The van der Waals surface area contributed by atoms with Gasteiger partial charge in [0.25, 0.3) is 0 Å². The SMILES string of the molecule is N#CC(c1cccc(O)c1)N1CCCNCC1. The van der Waals surface area contributed by atoms with Crippen LogP contribution in [-0.4, -0.2) is 36.2 Å². The molecule has 1 aliphatic heterocycles. The number of phenols is 1. The maximum absolute atomic E-state index is 9.47. The van der Waals surface area contributed by atoms with E-state index in [9.17, 15) is 10.4 Å². The molecule has 1 fully saturated rings. The Bertz CT molecular complexity index is 405. The Morgan fingerprint density at radius 2 is 2.24 bits per heavy atom. The van der Waals surface area contributed by atoms with E-state index in [1.54, 1.807) is 18.2 Å². The molecule has 0 amide bonds. The second-order valence-electron chi connectivity index (χ2n) is 4.27. The molecular formula is C13H17N3O. The van der Waals surface area contributed by atoms with Crippen LogP contribution in [0.25, 0.3) is 0 Å². The number of nitrogens with zero attached hydrogens (tertiary/aromatic N) is 2. The molecule has 0 spiro atoms. The number of phenolic OH excluding ortho intramolecular Hbond substituents is 1. The van der Waals surface area contributed by atoms with Crippen LogP contribution < -0.4 is 5.32 Å². The number of nitriles is 1. The number of rotatable bonds is 2. The zero-order valence-corrected chi connectivity index (χ0v) is 9.76. The fraction of sp³-hybridized carbons (Fsp3) is 0.462. The van der Waals surface area contributed by atoms with Crippen LogP contribution in [0.1, 0.15) is 18.0 Å². The highest BCUT2D eigenvalue weighted by Gasteiger charge is 2.20. The topological polar surface area (TPSA) is 59.3 Å². The third-order valence-electron chi connectivity index (χ3n) is 3.05. The van der Waals surface area contributed by atoms with E-state index in [0.717, 1.165) is 38.2 Å². The first-order valence-corrected chi connectivity index (χ1v) is 5.94. The molecule has 0 saturated carbocycles. The first-order valence-electron chi connectivity index (χ1n) is 5.94. The fourth-order valence-electron chi connectivity index (χ4n) is 2.19. The lowest BCUT2D eigenvalue weighted by Gasteiger charge is -2.25. The molecule has 0 bridgehead atoms. The minimum atomic E-state index is -0.262. The van der Waals surface area contributed by atoms with Crippen LogP contribution in [0.2, 0.25) is 0 Å². The van der Waals surface area contributed by atoms with Crippen molar-refractivity contribution >= 4 is 0 Å². The second kappa shape index (κ2) is 5.67. The Morgan fingerprint density at radius 3 is 3.00 bits per heavy atom. The molecule has 4 nitrogen and oxygen atoms in total. The van der Waals surface area contributed by atoms with Crippen molar-refractivity contribution in [3.8, 4) is 11.8 Å². The Morgan fingerprint density at radius 1 is 1.35 bits per heavy atom. The molecule has 2 N–H and O–H groups in total. The molecule has 1 aromatic carbocycles. The van der Waals surface area contributed by atoms with Gasteiger partial charge in [0, 0.05) is 19.6 Å². The quantitative estimate of drug-likeness (QED) is 0.804. The maximum Gasteiger partial charge on any atom is 0.124 e. The van der Waals surface area contributed by atoms with Crippen molar-refractivity contribution in [3.05, 3.63) is 29.8 Å². The zero-order chi connectivity index (χ0) is 12.1. The molecule has 2 rings (SSSR count). The molecule has 90 valence electrons. The van der Waals surface area contributed by atoms with E-state index >= 15 is 0 Å². The number of nitrogens with one attached hydrogen (secondary N) is 1. The third-order valence-corrected chi connectivity index (χ3v) is 3.05. The molecular weight excluding hydrogens is 214 g/mol. The van der Waals surface area contributed by atoms with Crippen molar-refractivity contribution < 1.29 is 5.11 Å². The highest BCUT2D eigenvalue weighted by atomic mass is 16.3. The number of hydrogen-bond donors (Lipinski definition) is 2. The van der Waals surface area contributed by atoms with Gasteiger partial charge in [0.15, 0.2) is 0 Å². The highest BCUT2D eigenvalue weighted by molar-refractivity contribution is 5.32. The predicted octanol–water partition coefficient (Wildman–Crippen LogP) is 1.25. The second-order valence-corrected chi connectivity index (χ2v) is 4.27. The number of aromatic hydroxyl groups is 1. The Kier molecular flexibility index (Phi) is 3.97. The first kappa shape index (κ1) is 11.9. The van der Waals surface area contributed by atoms with Gasteiger partial charge in [0.1, 0.15) is 11.8 Å². The normalized spacial score (nSPS) is 19.2. The molecule has 0 radical (unpaired) electrons. The summed E-state index contributed by atoms with van der Waals surface area (Å²) in [6.07, 6.45) is 1.05. The lowest BCUT2D eigenvalue weighted by molar-refractivity contribution is 0.252. The van der Waals surface area contributed by atoms with Crippen molar-refractivity contribution in [2.75, 3.05) is 26.2 Å². The smallest absolute Gasteiger partial charge is 0.124 e. The number of hydrogen-bond acceptors (Lipinski definition) is 4. The molecule has 1 saturated heterocycles. The molecule has 1 aliphatic rings. The summed E-state index contributed by atoms with van der Waals surface area (Å²) in [6.45, 7) is 3.71. The van der Waals surface area contributed by atoms with E-state index in [-0.39, 0.29) is 11.8 Å². The van der Waals surface area contributed by atoms with Crippen molar-refractivity contribution in [2.24, 2.45) is 0 Å². The maximum atomic E-state index is 9.47. The van der Waals surface area contributed by atoms with Crippen LogP contribution in [0.3, 0.4) is 0 Å². The lowest BCUT2D eigenvalue weighted by atomic mass is 10.1. The van der Waals surface area contributed by atoms with E-state index in [4.69, 9.17) is 0 Å². The van der Waals surface area contributed by atoms with Gasteiger partial charge in [-0.05, 0) is 30.7 Å². The summed E-state index contributed by atoms with van der Waals surface area (Å²) >= 11 is 0. The summed E-state index contributed by atoms with van der Waals surface area (Å²) in [7, 11) is 0. The first-order chi connectivity index (χ1) is 8.31. The van der Waals surface area contributed by atoms with Crippen molar-refractivity contribution in [2.45, 2.75) is 12.5 Å². The zero-order valence-electron chi connectivity index (χ0n) is 9.76. The Balaban J connectivity index is 2.18. The van der Waals surface area contributed by atoms with Crippen LogP contribution in [-0.2, 0) is 0 Å². The minimum Gasteiger partial charge on any atom is -0.508 e. The summed E-state index contributed by atoms with van der Waals surface area (Å²) in [4.78, 5) is 2.16. The van der Waals surface area contributed by atoms with Gasteiger partial charge in [-0.2, -0.15) is 5.26 Å². The van der Waals surface area contributed by atoms with Crippen LogP contribution in [0.5, 0.6) is 5.75 Å². The average molecular weight is 231 g/mol. The van der Waals surface area contributed by atoms with Crippen molar-refractivity contribution in [3.63, 3.8) is 0 Å². The van der Waals surface area contributed by atoms with Crippen LogP contribution in [0.15, 0.2) is 24.3 Å². The standard InChI is InChI=1S/C13H17N3O/c14-10-13(11-3-1-4-12(17)9-11)16-7-2-5-15-6-8-16/h1,3-4,9,13,15,17H,2,5-8H2. The van der Waals surface area contributed by atoms with Gasteiger partial charge in [-0.1, -0.05) is 12.1 Å². The molecule has 1 heterocycles. The van der Waals surface area contributed by atoms with Gasteiger partial charge < -0.3 is 10.4 Å². The van der Waals surface area contributed by atoms with Crippen LogP contribution >= 0.6 is 0 Å². The van der Waals surface area contributed by atoms with Crippen LogP contribution in [0, 0.1) is 11.3 Å². The molecule has 1 unspecified atom stereocenters. The van der Waals surface area contributed by atoms with Gasteiger partial charge >= 0.3 is 0 Å². The van der Waals surface area contributed by atoms with E-state index in [0.29, 0.717) is 0 Å². The Hall–Kier alpha value is -1.57. The van der Waals surface area contributed by atoms with E-state index in [1.807, 2.05) is 6.07 Å². The van der Waals surface area contributed by atoms with Crippen molar-refractivity contribution in [1.82, 2.24) is 10.2 Å². The molecule has 4 heteroatoms. The molecule has 17 heavy (non-hydrogen) atoms. The number of benzene rings is 1. The predicted molar refractivity (Wildman–Crippen MR) is 65.5 cm³/mol. The van der Waals surface area contributed by atoms with Gasteiger partial charge in [0.2, 0.25) is 0 Å². The van der Waals surface area contributed by atoms with Gasteiger partial charge in [0.05, 0.1) is 6.07 Å². The molecule has 1 aromatic rings. The summed E-state index contributed by atoms with van der Waals surface area (Å²) in [6, 6.07) is 9.05. The monoisotopic (exact) mass is 231 g/mol. The highest BCUT2D eigenvalue weighted by Crippen LogP contribution is 2.23. The summed E-state index contributed by atoms with van der Waals surface area (Å²) < 4.78 is 0. The molecule has 0 aromatic heterocycles. The molecule has 0 aliphatic carbocycles. The largest absolute Gasteiger partial charge is 0.508 e. The molecule has 1 atom stereocenters. The fourth-order valence-corrected chi connectivity index (χ4v) is 2.19. The summed E-state index contributed by atoms with van der Waals surface area (Å²) in [5.74, 6) is 0.218. The van der Waals surface area contributed by atoms with Crippen LogP contribution in [0.4, 0.5) is 0 Å².